The van der Waals surface area contributed by atoms with Gasteiger partial charge in [-0.25, -0.2) is 0 Å². The molecule has 3 atom stereocenters. The molecule has 19 heavy (non-hydrogen) atoms. The number of nitrogens with one attached hydrogen (secondary N) is 1. The maximum absolute atomic E-state index is 5.98. The lowest BCUT2D eigenvalue weighted by Gasteiger charge is -2.24. The van der Waals surface area contributed by atoms with Crippen LogP contribution in [-0.4, -0.2) is 12.2 Å². The Morgan fingerprint density at radius 3 is 2.68 bits per heavy atom. The number of benzene rings is 2. The molecule has 3 rings (SSSR count). The van der Waals surface area contributed by atoms with Crippen molar-refractivity contribution in [2.75, 3.05) is 0 Å². The summed E-state index contributed by atoms with van der Waals surface area (Å²) in [6.07, 6.45) is 2.65. The smallest absolute Gasteiger partial charge is 0.0787 e. The predicted octanol–water partition coefficient (Wildman–Crippen LogP) is 2.91. The normalized spacial score (nSPS) is 24.7. The second kappa shape index (κ2) is 5.29. The summed E-state index contributed by atoms with van der Waals surface area (Å²) in [5.41, 5.74) is 4.17. The van der Waals surface area contributed by atoms with E-state index in [1.165, 1.54) is 16.3 Å². The summed E-state index contributed by atoms with van der Waals surface area (Å²) >= 11 is 0. The first-order chi connectivity index (χ1) is 9.29. The molecular formula is C16H20N2O. The molecule has 2 aromatic carbocycles. The molecule has 3 heteroatoms. The molecule has 3 nitrogen and oxygen atoms in total. The van der Waals surface area contributed by atoms with Gasteiger partial charge in [-0.3, -0.25) is 11.3 Å². The summed E-state index contributed by atoms with van der Waals surface area (Å²) in [7, 11) is 0. The molecular weight excluding hydrogens is 236 g/mol. The lowest BCUT2D eigenvalue weighted by molar-refractivity contribution is 0.0319. The van der Waals surface area contributed by atoms with Crippen molar-refractivity contribution in [1.82, 2.24) is 5.43 Å². The molecule has 3 unspecified atom stereocenters. The molecule has 100 valence electrons. The van der Waals surface area contributed by atoms with Crippen molar-refractivity contribution < 1.29 is 4.74 Å². The number of ether oxygens (including phenoxy) is 1. The van der Waals surface area contributed by atoms with Gasteiger partial charge in [-0.1, -0.05) is 42.5 Å². The molecule has 1 fully saturated rings. The maximum Gasteiger partial charge on any atom is 0.0787 e. The summed E-state index contributed by atoms with van der Waals surface area (Å²) in [4.78, 5) is 0. The molecule has 0 saturated carbocycles. The highest BCUT2D eigenvalue weighted by atomic mass is 16.5. The average molecular weight is 256 g/mol. The van der Waals surface area contributed by atoms with Crippen LogP contribution in [0.2, 0.25) is 0 Å². The molecule has 0 spiro atoms. The van der Waals surface area contributed by atoms with Gasteiger partial charge in [0, 0.05) is 0 Å². The van der Waals surface area contributed by atoms with Gasteiger partial charge in [0.2, 0.25) is 0 Å². The summed E-state index contributed by atoms with van der Waals surface area (Å²) < 4.78 is 5.98. The first kappa shape index (κ1) is 12.6. The highest BCUT2D eigenvalue weighted by Gasteiger charge is 2.30. The number of nitrogens with two attached hydrogens (primary N) is 1. The molecule has 0 bridgehead atoms. The van der Waals surface area contributed by atoms with Gasteiger partial charge < -0.3 is 4.74 Å². The Morgan fingerprint density at radius 1 is 1.16 bits per heavy atom. The first-order valence-electron chi connectivity index (χ1n) is 6.89. The van der Waals surface area contributed by atoms with Crippen LogP contribution in [0.4, 0.5) is 0 Å². The van der Waals surface area contributed by atoms with Gasteiger partial charge in [-0.2, -0.15) is 0 Å². The maximum atomic E-state index is 5.98. The van der Waals surface area contributed by atoms with Gasteiger partial charge in [0.15, 0.2) is 0 Å². The van der Waals surface area contributed by atoms with E-state index in [0.29, 0.717) is 6.10 Å². The molecule has 0 aliphatic carbocycles. The van der Waals surface area contributed by atoms with Crippen LogP contribution in [0.25, 0.3) is 10.8 Å². The van der Waals surface area contributed by atoms with Crippen LogP contribution in [0.1, 0.15) is 31.4 Å². The van der Waals surface area contributed by atoms with Gasteiger partial charge in [-0.05, 0) is 36.1 Å². The van der Waals surface area contributed by atoms with Crippen molar-refractivity contribution in [3.8, 4) is 0 Å². The van der Waals surface area contributed by atoms with Crippen molar-refractivity contribution in [2.45, 2.75) is 38.0 Å². The number of hydrogen-bond acceptors (Lipinski definition) is 3. The topological polar surface area (TPSA) is 47.3 Å². The Labute approximate surface area is 113 Å². The SMILES string of the molecule is CC1CCC(C(NN)c2cccc3ccccc23)O1. The molecule has 2 aromatic rings. The first-order valence-corrected chi connectivity index (χ1v) is 6.89. The van der Waals surface area contributed by atoms with Gasteiger partial charge in [0.05, 0.1) is 18.2 Å². The van der Waals surface area contributed by atoms with Crippen LogP contribution in [0.15, 0.2) is 42.5 Å². The molecule has 0 aromatic heterocycles. The lowest BCUT2D eigenvalue weighted by Crippen LogP contribution is -2.36. The van der Waals surface area contributed by atoms with Crippen LogP contribution in [0.5, 0.6) is 0 Å². The third kappa shape index (κ3) is 2.37. The minimum Gasteiger partial charge on any atom is -0.373 e. The molecule has 0 radical (unpaired) electrons. The second-order valence-corrected chi connectivity index (χ2v) is 5.28. The zero-order valence-electron chi connectivity index (χ0n) is 11.2. The van der Waals surface area contributed by atoms with E-state index >= 15 is 0 Å². The van der Waals surface area contributed by atoms with E-state index in [0.717, 1.165) is 12.8 Å². The minimum atomic E-state index is 0.0519. The number of hydrazine groups is 1. The van der Waals surface area contributed by atoms with E-state index < -0.39 is 0 Å². The standard InChI is InChI=1S/C16H20N2O/c1-11-9-10-15(19-11)16(18-17)14-8-4-6-12-5-2-3-7-13(12)14/h2-8,11,15-16,18H,9-10,17H2,1H3. The van der Waals surface area contributed by atoms with Gasteiger partial charge >= 0.3 is 0 Å². The Morgan fingerprint density at radius 2 is 1.95 bits per heavy atom. The summed E-state index contributed by atoms with van der Waals surface area (Å²) in [6, 6.07) is 14.8. The third-order valence-electron chi connectivity index (χ3n) is 3.97. The zero-order valence-corrected chi connectivity index (χ0v) is 11.2. The van der Waals surface area contributed by atoms with E-state index in [1.54, 1.807) is 0 Å². The summed E-state index contributed by atoms with van der Waals surface area (Å²) in [5, 5.41) is 2.49. The lowest BCUT2D eigenvalue weighted by atomic mass is 9.94. The van der Waals surface area contributed by atoms with E-state index in [-0.39, 0.29) is 12.1 Å². The third-order valence-corrected chi connectivity index (χ3v) is 3.97. The quantitative estimate of drug-likeness (QED) is 0.655. The van der Waals surface area contributed by atoms with Gasteiger partial charge in [-0.15, -0.1) is 0 Å². The van der Waals surface area contributed by atoms with E-state index in [4.69, 9.17) is 10.6 Å². The van der Waals surface area contributed by atoms with Crippen LogP contribution in [0.3, 0.4) is 0 Å². The fourth-order valence-electron chi connectivity index (χ4n) is 3.00. The number of hydrogen-bond donors (Lipinski definition) is 2. The second-order valence-electron chi connectivity index (χ2n) is 5.28. The fraction of sp³-hybridized carbons (Fsp3) is 0.375. The molecule has 1 heterocycles. The van der Waals surface area contributed by atoms with Crippen molar-refractivity contribution in [3.05, 3.63) is 48.0 Å². The number of fused-ring (bicyclic) bond motifs is 1. The largest absolute Gasteiger partial charge is 0.373 e. The van der Waals surface area contributed by atoms with Crippen molar-refractivity contribution in [3.63, 3.8) is 0 Å². The molecule has 1 aliphatic heterocycles. The van der Waals surface area contributed by atoms with E-state index in [9.17, 15) is 0 Å². The Bertz CT molecular complexity index is 564. The summed E-state index contributed by atoms with van der Waals surface area (Å²) in [6.45, 7) is 2.12. The van der Waals surface area contributed by atoms with Crippen LogP contribution in [0, 0.1) is 0 Å². The highest BCUT2D eigenvalue weighted by molar-refractivity contribution is 5.86. The predicted molar refractivity (Wildman–Crippen MR) is 77.6 cm³/mol. The van der Waals surface area contributed by atoms with Crippen molar-refractivity contribution in [1.29, 1.82) is 0 Å². The molecule has 0 amide bonds. The van der Waals surface area contributed by atoms with Crippen molar-refractivity contribution in [2.24, 2.45) is 5.84 Å². The van der Waals surface area contributed by atoms with Crippen molar-refractivity contribution >= 4 is 10.8 Å². The van der Waals surface area contributed by atoms with Gasteiger partial charge in [0.1, 0.15) is 0 Å². The molecule has 3 N–H and O–H groups in total. The zero-order chi connectivity index (χ0) is 13.2. The molecule has 1 aliphatic rings. The van der Waals surface area contributed by atoms with Crippen LogP contribution < -0.4 is 11.3 Å². The fourth-order valence-corrected chi connectivity index (χ4v) is 3.00. The highest BCUT2D eigenvalue weighted by Crippen LogP contribution is 2.33. The van der Waals surface area contributed by atoms with Crippen LogP contribution >= 0.6 is 0 Å². The van der Waals surface area contributed by atoms with E-state index in [2.05, 4.69) is 54.8 Å². The average Bonchev–Trinajstić information content (AvgIpc) is 2.86. The Hall–Kier alpha value is -1.42. The van der Waals surface area contributed by atoms with E-state index in [1.807, 2.05) is 0 Å². The molecule has 1 saturated heterocycles. The Balaban J connectivity index is 2.01. The van der Waals surface area contributed by atoms with Crippen LogP contribution in [-0.2, 0) is 4.74 Å². The Kier molecular flexibility index (Phi) is 3.51. The monoisotopic (exact) mass is 256 g/mol. The number of rotatable bonds is 3. The minimum absolute atomic E-state index is 0.0519. The van der Waals surface area contributed by atoms with Gasteiger partial charge in [0.25, 0.3) is 0 Å². The summed E-state index contributed by atoms with van der Waals surface area (Å²) in [5.74, 6) is 5.79.